The van der Waals surface area contributed by atoms with Gasteiger partial charge in [-0.05, 0) is 56.6 Å². The fourth-order valence-electron chi connectivity index (χ4n) is 2.63. The Hall–Kier alpha value is -1.63. The van der Waals surface area contributed by atoms with E-state index < -0.39 is 5.60 Å². The van der Waals surface area contributed by atoms with Crippen molar-refractivity contribution in [2.75, 3.05) is 19.6 Å². The van der Waals surface area contributed by atoms with Gasteiger partial charge in [-0.2, -0.15) is 0 Å². The van der Waals surface area contributed by atoms with Gasteiger partial charge in [0.2, 0.25) is 0 Å². The number of hydrogen-bond acceptors (Lipinski definition) is 4. The highest BCUT2D eigenvalue weighted by atomic mass is 79.9. The molecule has 7 heteroatoms. The minimum atomic E-state index is -0.525. The van der Waals surface area contributed by atoms with Crippen molar-refractivity contribution in [2.24, 2.45) is 0 Å². The summed E-state index contributed by atoms with van der Waals surface area (Å²) in [6.45, 7) is 10.7. The molecule has 1 aliphatic rings. The molecule has 0 radical (unpaired) electrons. The van der Waals surface area contributed by atoms with Crippen LogP contribution in [-0.4, -0.2) is 58.1 Å². The van der Waals surface area contributed by atoms with Gasteiger partial charge >= 0.3 is 6.09 Å². The first kappa shape index (κ1) is 18.7. The van der Waals surface area contributed by atoms with E-state index in [1.165, 1.54) is 0 Å². The summed E-state index contributed by atoms with van der Waals surface area (Å²) in [4.78, 5) is 32.7. The van der Waals surface area contributed by atoms with Crippen molar-refractivity contribution in [2.45, 2.75) is 46.3 Å². The molecule has 1 fully saturated rings. The lowest BCUT2D eigenvalue weighted by Gasteiger charge is -2.40. The number of ether oxygens (including phenoxy) is 1. The quantitative estimate of drug-likeness (QED) is 0.729. The lowest BCUT2D eigenvalue weighted by molar-refractivity contribution is 0.00196. The molecule has 0 spiro atoms. The molecule has 0 aromatic carbocycles. The maximum atomic E-state index is 12.8. The van der Waals surface area contributed by atoms with Gasteiger partial charge in [0.1, 0.15) is 5.60 Å². The lowest BCUT2D eigenvalue weighted by atomic mass is 10.1. The molecule has 24 heavy (non-hydrogen) atoms. The maximum absolute atomic E-state index is 12.8. The van der Waals surface area contributed by atoms with E-state index in [4.69, 9.17) is 4.74 Å². The SMILES string of the molecule is Cc1ncc(Br)cc1C(=O)N1CCN(C(=O)OC(C)(C)C)C(C)C1. The van der Waals surface area contributed by atoms with Crippen molar-refractivity contribution in [3.8, 4) is 0 Å². The van der Waals surface area contributed by atoms with E-state index in [-0.39, 0.29) is 18.0 Å². The van der Waals surface area contributed by atoms with Crippen LogP contribution in [-0.2, 0) is 4.74 Å². The summed E-state index contributed by atoms with van der Waals surface area (Å²) < 4.78 is 6.21. The predicted molar refractivity (Wildman–Crippen MR) is 95.0 cm³/mol. The summed E-state index contributed by atoms with van der Waals surface area (Å²) in [7, 11) is 0. The summed E-state index contributed by atoms with van der Waals surface area (Å²) in [5, 5.41) is 0. The molecule has 1 aromatic heterocycles. The van der Waals surface area contributed by atoms with E-state index >= 15 is 0 Å². The molecular weight excluding hydrogens is 374 g/mol. The van der Waals surface area contributed by atoms with Gasteiger partial charge in [0.25, 0.3) is 5.91 Å². The lowest BCUT2D eigenvalue weighted by Crippen LogP contribution is -2.56. The number of carbonyl (C=O) groups excluding carboxylic acids is 2. The molecule has 0 N–H and O–H groups in total. The van der Waals surface area contributed by atoms with Gasteiger partial charge < -0.3 is 14.5 Å². The van der Waals surface area contributed by atoms with Gasteiger partial charge in [-0.1, -0.05) is 0 Å². The molecule has 0 saturated carbocycles. The van der Waals surface area contributed by atoms with Crippen LogP contribution in [0.15, 0.2) is 16.7 Å². The van der Waals surface area contributed by atoms with Crippen molar-refractivity contribution in [1.29, 1.82) is 0 Å². The highest BCUT2D eigenvalue weighted by Gasteiger charge is 2.33. The van der Waals surface area contributed by atoms with Gasteiger partial charge in [-0.25, -0.2) is 4.79 Å². The van der Waals surface area contributed by atoms with Crippen molar-refractivity contribution in [3.05, 3.63) is 28.0 Å². The molecule has 6 nitrogen and oxygen atoms in total. The van der Waals surface area contributed by atoms with Gasteiger partial charge in [0.05, 0.1) is 11.3 Å². The van der Waals surface area contributed by atoms with Crippen LogP contribution in [0.5, 0.6) is 0 Å². The van der Waals surface area contributed by atoms with E-state index in [0.29, 0.717) is 30.9 Å². The second-order valence-electron chi connectivity index (χ2n) is 7.06. The van der Waals surface area contributed by atoms with Crippen LogP contribution in [0.1, 0.15) is 43.7 Å². The number of aromatic nitrogens is 1. The summed E-state index contributed by atoms with van der Waals surface area (Å²) in [6, 6.07) is 1.69. The zero-order valence-electron chi connectivity index (χ0n) is 14.8. The average molecular weight is 398 g/mol. The van der Waals surface area contributed by atoms with Crippen molar-refractivity contribution in [3.63, 3.8) is 0 Å². The van der Waals surface area contributed by atoms with Crippen LogP contribution in [0.4, 0.5) is 4.79 Å². The van der Waals surface area contributed by atoms with Crippen molar-refractivity contribution < 1.29 is 14.3 Å². The molecule has 2 heterocycles. The number of amides is 2. The molecule has 0 aliphatic carbocycles. The Balaban J connectivity index is 2.06. The third-order valence-corrected chi connectivity index (χ3v) is 4.26. The molecule has 1 saturated heterocycles. The minimum Gasteiger partial charge on any atom is -0.444 e. The fourth-order valence-corrected chi connectivity index (χ4v) is 2.96. The van der Waals surface area contributed by atoms with Crippen LogP contribution < -0.4 is 0 Å². The average Bonchev–Trinajstić information content (AvgIpc) is 2.47. The van der Waals surface area contributed by atoms with Crippen molar-refractivity contribution >= 4 is 27.9 Å². The van der Waals surface area contributed by atoms with E-state index in [0.717, 1.165) is 4.47 Å². The molecule has 1 atom stereocenters. The monoisotopic (exact) mass is 397 g/mol. The highest BCUT2D eigenvalue weighted by molar-refractivity contribution is 9.10. The Morgan fingerprint density at radius 3 is 2.58 bits per heavy atom. The second kappa shape index (κ2) is 7.09. The molecule has 2 amide bonds. The molecule has 1 aromatic rings. The zero-order valence-corrected chi connectivity index (χ0v) is 16.4. The van der Waals surface area contributed by atoms with Crippen LogP contribution in [0.2, 0.25) is 0 Å². The Kier molecular flexibility index (Phi) is 5.52. The molecular formula is C17H24BrN3O3. The number of piperazine rings is 1. The summed E-state index contributed by atoms with van der Waals surface area (Å²) in [6.07, 6.45) is 1.34. The Labute approximate surface area is 151 Å². The normalized spacial score (nSPS) is 18.5. The minimum absolute atomic E-state index is 0.0583. The van der Waals surface area contributed by atoms with Gasteiger partial charge in [0.15, 0.2) is 0 Å². The number of pyridine rings is 1. The van der Waals surface area contributed by atoms with E-state index in [1.54, 1.807) is 22.1 Å². The highest BCUT2D eigenvalue weighted by Crippen LogP contribution is 2.19. The van der Waals surface area contributed by atoms with Crippen LogP contribution in [0.3, 0.4) is 0 Å². The molecule has 0 bridgehead atoms. The first-order valence-corrected chi connectivity index (χ1v) is 8.79. The van der Waals surface area contributed by atoms with Gasteiger partial charge in [-0.15, -0.1) is 0 Å². The maximum Gasteiger partial charge on any atom is 0.410 e. The van der Waals surface area contributed by atoms with Gasteiger partial charge in [-0.3, -0.25) is 9.78 Å². The van der Waals surface area contributed by atoms with Crippen molar-refractivity contribution in [1.82, 2.24) is 14.8 Å². The Morgan fingerprint density at radius 1 is 1.33 bits per heavy atom. The molecule has 1 unspecified atom stereocenters. The van der Waals surface area contributed by atoms with Crippen LogP contribution >= 0.6 is 15.9 Å². The first-order chi connectivity index (χ1) is 11.1. The number of carbonyl (C=O) groups is 2. The van der Waals surface area contributed by atoms with E-state index in [2.05, 4.69) is 20.9 Å². The number of hydrogen-bond donors (Lipinski definition) is 0. The largest absolute Gasteiger partial charge is 0.444 e. The predicted octanol–water partition coefficient (Wildman–Crippen LogP) is 3.23. The third kappa shape index (κ3) is 4.47. The molecule has 1 aliphatic heterocycles. The number of aryl methyl sites for hydroxylation is 1. The van der Waals surface area contributed by atoms with E-state index in [1.807, 2.05) is 34.6 Å². The summed E-state index contributed by atoms with van der Waals surface area (Å²) in [5.41, 5.74) is 0.760. The molecule has 132 valence electrons. The summed E-state index contributed by atoms with van der Waals surface area (Å²) in [5.74, 6) is -0.0583. The standard InChI is InChI=1S/C17H24BrN3O3/c1-11-10-20(6-7-21(11)16(23)24-17(3,4)5)15(22)14-8-13(18)9-19-12(14)2/h8-9,11H,6-7,10H2,1-5H3. The number of halogens is 1. The summed E-state index contributed by atoms with van der Waals surface area (Å²) >= 11 is 3.35. The zero-order chi connectivity index (χ0) is 18.1. The smallest absolute Gasteiger partial charge is 0.410 e. The van der Waals surface area contributed by atoms with Crippen LogP contribution in [0.25, 0.3) is 0 Å². The topological polar surface area (TPSA) is 62.7 Å². The Morgan fingerprint density at radius 2 is 2.00 bits per heavy atom. The third-order valence-electron chi connectivity index (χ3n) is 3.83. The fraction of sp³-hybridized carbons (Fsp3) is 0.588. The number of rotatable bonds is 1. The van der Waals surface area contributed by atoms with E-state index in [9.17, 15) is 9.59 Å². The number of nitrogens with zero attached hydrogens (tertiary/aromatic N) is 3. The Bertz CT molecular complexity index is 642. The second-order valence-corrected chi connectivity index (χ2v) is 7.98. The molecule has 2 rings (SSSR count). The first-order valence-electron chi connectivity index (χ1n) is 7.99. The van der Waals surface area contributed by atoms with Gasteiger partial charge in [0, 0.05) is 36.3 Å². The van der Waals surface area contributed by atoms with Crippen LogP contribution in [0, 0.1) is 6.92 Å².